The van der Waals surface area contributed by atoms with Gasteiger partial charge in [-0.25, -0.2) is 9.89 Å². The second-order valence-electron chi connectivity index (χ2n) is 3.48. The first-order chi connectivity index (χ1) is 9.01. The fourth-order valence-electron chi connectivity index (χ4n) is 1.40. The molecule has 1 aromatic carbocycles. The minimum Gasteiger partial charge on any atom is -0.465 e. The first-order valence-electron chi connectivity index (χ1n) is 5.03. The summed E-state index contributed by atoms with van der Waals surface area (Å²) in [7, 11) is 1.30. The molecule has 100 valence electrons. The van der Waals surface area contributed by atoms with Crippen LogP contribution in [0.15, 0.2) is 12.1 Å². The van der Waals surface area contributed by atoms with Crippen LogP contribution >= 0.6 is 34.2 Å². The summed E-state index contributed by atoms with van der Waals surface area (Å²) in [5.74, 6) is 0.0350. The molecule has 0 aliphatic heterocycles. The lowest BCUT2D eigenvalue weighted by atomic mass is 10.2. The number of rotatable bonds is 3. The second-order valence-corrected chi connectivity index (χ2v) is 5.05. The lowest BCUT2D eigenvalue weighted by Gasteiger charge is -2.08. The van der Waals surface area contributed by atoms with Crippen LogP contribution in [0.5, 0.6) is 0 Å². The summed E-state index contributed by atoms with van der Waals surface area (Å²) in [6, 6.07) is 3.31. The van der Waals surface area contributed by atoms with E-state index in [2.05, 4.69) is 25.2 Å². The van der Waals surface area contributed by atoms with E-state index in [1.54, 1.807) is 12.1 Å². The third kappa shape index (κ3) is 3.07. The molecule has 0 saturated heterocycles. The number of hydrogen-bond donors (Lipinski definition) is 3. The summed E-state index contributed by atoms with van der Waals surface area (Å²) in [4.78, 5) is 15.5. The lowest BCUT2D eigenvalue weighted by Crippen LogP contribution is -2.06. The zero-order valence-electron chi connectivity index (χ0n) is 9.70. The molecule has 0 unspecified atom stereocenters. The Kier molecular flexibility index (Phi) is 4.10. The maximum absolute atomic E-state index is 11.5. The number of ether oxygens (including phenoxy) is 1. The van der Waals surface area contributed by atoms with Crippen molar-refractivity contribution in [2.24, 2.45) is 0 Å². The van der Waals surface area contributed by atoms with Crippen LogP contribution in [0.2, 0.25) is 5.02 Å². The third-order valence-electron chi connectivity index (χ3n) is 2.19. The van der Waals surface area contributed by atoms with Crippen LogP contribution < -0.4 is 11.1 Å². The van der Waals surface area contributed by atoms with E-state index >= 15 is 0 Å². The number of benzene rings is 1. The second kappa shape index (κ2) is 5.61. The third-order valence-corrected chi connectivity index (χ3v) is 3.34. The maximum atomic E-state index is 11.5. The normalized spacial score (nSPS) is 10.3. The number of nitrogens with two attached hydrogens (primary N) is 1. The molecule has 0 radical (unpaired) electrons. The molecule has 1 aromatic heterocycles. The van der Waals surface area contributed by atoms with Crippen molar-refractivity contribution in [2.45, 2.75) is 0 Å². The van der Waals surface area contributed by atoms with Crippen LogP contribution in [0.4, 0.5) is 17.6 Å². The molecule has 0 spiro atoms. The molecule has 7 nitrogen and oxygen atoms in total. The van der Waals surface area contributed by atoms with E-state index in [1.165, 1.54) is 7.11 Å². The van der Waals surface area contributed by atoms with Crippen molar-refractivity contribution in [3.63, 3.8) is 0 Å². The first-order valence-corrected chi connectivity index (χ1v) is 6.49. The highest BCUT2D eigenvalue weighted by atomic mass is 127. The van der Waals surface area contributed by atoms with Crippen LogP contribution in [0, 0.1) is 3.57 Å². The molecule has 2 rings (SSSR count). The minimum absolute atomic E-state index is 0.203. The van der Waals surface area contributed by atoms with E-state index in [-0.39, 0.29) is 11.0 Å². The van der Waals surface area contributed by atoms with Crippen molar-refractivity contribution < 1.29 is 9.53 Å². The van der Waals surface area contributed by atoms with Gasteiger partial charge < -0.3 is 15.8 Å². The van der Waals surface area contributed by atoms with Gasteiger partial charge in [0.15, 0.2) is 0 Å². The lowest BCUT2D eigenvalue weighted by molar-refractivity contribution is 0.0600. The predicted molar refractivity (Wildman–Crippen MR) is 79.6 cm³/mol. The van der Waals surface area contributed by atoms with Gasteiger partial charge in [0.1, 0.15) is 0 Å². The van der Waals surface area contributed by atoms with Crippen molar-refractivity contribution in [2.75, 3.05) is 18.2 Å². The van der Waals surface area contributed by atoms with Gasteiger partial charge in [-0.1, -0.05) is 11.6 Å². The first kappa shape index (κ1) is 13.9. The Morgan fingerprint density at radius 3 is 2.84 bits per heavy atom. The fourth-order valence-corrected chi connectivity index (χ4v) is 2.70. The molecule has 0 saturated carbocycles. The number of methoxy groups -OCH3 is 1. The van der Waals surface area contributed by atoms with Crippen LogP contribution in [0.1, 0.15) is 10.4 Å². The monoisotopic (exact) mass is 393 g/mol. The number of nitrogens with one attached hydrogen (secondary N) is 2. The van der Waals surface area contributed by atoms with E-state index in [0.717, 1.165) is 0 Å². The van der Waals surface area contributed by atoms with Crippen molar-refractivity contribution in [3.8, 4) is 0 Å². The number of aromatic nitrogens is 3. The average Bonchev–Trinajstić information content (AvgIpc) is 2.73. The zero-order chi connectivity index (χ0) is 14.0. The summed E-state index contributed by atoms with van der Waals surface area (Å²) in [6.07, 6.45) is 0. The molecular weight excluding hydrogens is 384 g/mol. The number of nitrogens with zero attached hydrogens (tertiary/aromatic N) is 2. The summed E-state index contributed by atoms with van der Waals surface area (Å²) in [5, 5.41) is 9.53. The summed E-state index contributed by atoms with van der Waals surface area (Å²) in [6.45, 7) is 0. The Labute approximate surface area is 127 Å². The van der Waals surface area contributed by atoms with Crippen molar-refractivity contribution in [1.82, 2.24) is 15.2 Å². The van der Waals surface area contributed by atoms with Crippen molar-refractivity contribution >= 4 is 57.7 Å². The van der Waals surface area contributed by atoms with Crippen molar-refractivity contribution in [3.05, 3.63) is 26.3 Å². The van der Waals surface area contributed by atoms with Gasteiger partial charge in [0.25, 0.3) is 0 Å². The number of aromatic amines is 1. The largest absolute Gasteiger partial charge is 0.465 e. The van der Waals surface area contributed by atoms with E-state index in [0.29, 0.717) is 20.8 Å². The Balaban J connectivity index is 2.32. The van der Waals surface area contributed by atoms with Gasteiger partial charge in [0.05, 0.1) is 17.7 Å². The number of nitrogen functional groups attached to an aromatic ring is 1. The molecule has 1 heterocycles. The SMILES string of the molecule is COC(=O)c1c(Cl)cc(Nc2n[nH]c(N)n2)cc1I. The van der Waals surface area contributed by atoms with Gasteiger partial charge >= 0.3 is 5.97 Å². The molecule has 9 heteroatoms. The molecule has 0 amide bonds. The molecule has 0 atom stereocenters. The van der Waals surface area contributed by atoms with E-state index in [1.807, 2.05) is 22.6 Å². The zero-order valence-corrected chi connectivity index (χ0v) is 12.6. The van der Waals surface area contributed by atoms with Gasteiger partial charge in [-0.15, -0.1) is 5.10 Å². The van der Waals surface area contributed by atoms with Gasteiger partial charge in [0.2, 0.25) is 11.9 Å². The van der Waals surface area contributed by atoms with Crippen LogP contribution in [0.25, 0.3) is 0 Å². The number of esters is 1. The molecule has 4 N–H and O–H groups in total. The molecular formula is C10H9ClIN5O2. The summed E-state index contributed by atoms with van der Waals surface area (Å²) in [5.41, 5.74) is 6.38. The highest BCUT2D eigenvalue weighted by molar-refractivity contribution is 14.1. The molecule has 19 heavy (non-hydrogen) atoms. The van der Waals surface area contributed by atoms with Gasteiger partial charge in [0, 0.05) is 9.26 Å². The Hall–Kier alpha value is -1.55. The number of carbonyl (C=O) groups is 1. The number of anilines is 3. The van der Waals surface area contributed by atoms with Gasteiger partial charge in [-0.2, -0.15) is 4.98 Å². The summed E-state index contributed by atoms with van der Waals surface area (Å²) >= 11 is 8.06. The van der Waals surface area contributed by atoms with E-state index in [4.69, 9.17) is 17.3 Å². The summed E-state index contributed by atoms with van der Waals surface area (Å²) < 4.78 is 5.32. The average molecular weight is 394 g/mol. The predicted octanol–water partition coefficient (Wildman–Crippen LogP) is 2.18. The smallest absolute Gasteiger partial charge is 0.340 e. The quantitative estimate of drug-likeness (QED) is 0.545. The standard InChI is InChI=1S/C10H9ClIN5O2/c1-19-8(18)7-5(11)2-4(3-6(7)12)14-10-15-9(13)16-17-10/h2-3H,1H3,(H4,13,14,15,16,17). The molecule has 0 aliphatic rings. The Morgan fingerprint density at radius 2 is 2.32 bits per heavy atom. The van der Waals surface area contributed by atoms with Crippen LogP contribution in [-0.2, 0) is 4.74 Å². The number of halogens is 2. The van der Waals surface area contributed by atoms with Crippen LogP contribution in [-0.4, -0.2) is 28.3 Å². The van der Waals surface area contributed by atoms with Crippen molar-refractivity contribution in [1.29, 1.82) is 0 Å². The fraction of sp³-hybridized carbons (Fsp3) is 0.100. The topological polar surface area (TPSA) is 106 Å². The molecule has 0 fully saturated rings. The van der Waals surface area contributed by atoms with Crippen LogP contribution in [0.3, 0.4) is 0 Å². The van der Waals surface area contributed by atoms with E-state index in [9.17, 15) is 4.79 Å². The number of carbonyl (C=O) groups excluding carboxylic acids is 1. The molecule has 0 bridgehead atoms. The highest BCUT2D eigenvalue weighted by Gasteiger charge is 2.16. The van der Waals surface area contributed by atoms with Gasteiger partial charge in [-0.3, -0.25) is 0 Å². The van der Waals surface area contributed by atoms with Gasteiger partial charge in [-0.05, 0) is 34.7 Å². The molecule has 2 aromatic rings. The molecule has 0 aliphatic carbocycles. The number of H-pyrrole nitrogens is 1. The highest BCUT2D eigenvalue weighted by Crippen LogP contribution is 2.28. The minimum atomic E-state index is -0.483. The van der Waals surface area contributed by atoms with E-state index < -0.39 is 5.97 Å². The Bertz CT molecular complexity index is 607. The maximum Gasteiger partial charge on any atom is 0.340 e. The number of hydrogen-bond acceptors (Lipinski definition) is 6. The Morgan fingerprint density at radius 1 is 1.58 bits per heavy atom.